The van der Waals surface area contributed by atoms with Crippen molar-refractivity contribution in [3.05, 3.63) is 48.5 Å². The lowest BCUT2D eigenvalue weighted by Crippen LogP contribution is -2.58. The number of sulfone groups is 1. The molecule has 0 saturated carbocycles. The molecular formula is C16H12F3NO4S. The first kappa shape index (κ1) is 17.3. The van der Waals surface area contributed by atoms with Gasteiger partial charge in [0, 0.05) is 0 Å². The number of nitrogens with one attached hydrogen (secondary N) is 1. The maximum Gasteiger partial charge on any atom is 0.437 e. The van der Waals surface area contributed by atoms with Crippen LogP contribution in [0.25, 0.3) is 0 Å². The van der Waals surface area contributed by atoms with Gasteiger partial charge in [0.15, 0.2) is 0 Å². The number of anilines is 1. The van der Waals surface area contributed by atoms with Gasteiger partial charge in [0.05, 0.1) is 15.5 Å². The second-order valence-corrected chi connectivity index (χ2v) is 7.51. The first-order valence-electron chi connectivity index (χ1n) is 7.07. The summed E-state index contributed by atoms with van der Waals surface area (Å²) in [6.07, 6.45) is -4.93. The Morgan fingerprint density at radius 2 is 1.68 bits per heavy atom. The summed E-state index contributed by atoms with van der Waals surface area (Å²) < 4.78 is 69.2. The number of hydrogen-bond donors (Lipinski definition) is 1. The number of carbonyl (C=O) groups excluding carboxylic acids is 1. The minimum atomic E-state index is -4.93. The summed E-state index contributed by atoms with van der Waals surface area (Å²) in [7, 11) is -3.88. The molecule has 0 radical (unpaired) electrons. The highest BCUT2D eigenvalue weighted by Crippen LogP contribution is 2.42. The van der Waals surface area contributed by atoms with Crippen LogP contribution in [-0.4, -0.2) is 26.1 Å². The Morgan fingerprint density at radius 3 is 2.28 bits per heavy atom. The highest BCUT2D eigenvalue weighted by Gasteiger charge is 2.61. The van der Waals surface area contributed by atoms with Crippen LogP contribution in [-0.2, 0) is 14.6 Å². The summed E-state index contributed by atoms with van der Waals surface area (Å²) in [5.74, 6) is -1.67. The normalized spacial score (nSPS) is 20.4. The van der Waals surface area contributed by atoms with Gasteiger partial charge in [-0.3, -0.25) is 4.79 Å². The van der Waals surface area contributed by atoms with Crippen molar-refractivity contribution < 1.29 is 31.1 Å². The van der Waals surface area contributed by atoms with Crippen LogP contribution in [0.2, 0.25) is 0 Å². The van der Waals surface area contributed by atoms with Crippen molar-refractivity contribution in [2.75, 3.05) is 5.32 Å². The van der Waals surface area contributed by atoms with E-state index in [0.29, 0.717) is 6.92 Å². The van der Waals surface area contributed by atoms with E-state index in [1.54, 1.807) is 18.2 Å². The Balaban J connectivity index is 2.04. The molecule has 1 aliphatic heterocycles. The molecule has 0 bridgehead atoms. The van der Waals surface area contributed by atoms with Gasteiger partial charge in [-0.2, -0.15) is 13.2 Å². The van der Waals surface area contributed by atoms with E-state index in [1.165, 1.54) is 12.1 Å². The average molecular weight is 371 g/mol. The molecule has 25 heavy (non-hydrogen) atoms. The molecule has 0 aliphatic carbocycles. The highest BCUT2D eigenvalue weighted by molar-refractivity contribution is 7.91. The number of amides is 1. The number of fused-ring (bicyclic) bond motifs is 1. The van der Waals surface area contributed by atoms with Crippen molar-refractivity contribution >= 4 is 21.4 Å². The third kappa shape index (κ3) is 2.74. The summed E-state index contributed by atoms with van der Waals surface area (Å²) in [4.78, 5) is 11.7. The predicted molar refractivity (Wildman–Crippen MR) is 82.1 cm³/mol. The molecule has 1 aliphatic rings. The fourth-order valence-electron chi connectivity index (χ4n) is 2.29. The zero-order valence-corrected chi connectivity index (χ0v) is 13.6. The fraction of sp³-hybridized carbons (Fsp3) is 0.188. The SMILES string of the molecule is CC1(C(F)(F)F)Oc2ccc(S(=O)(=O)c3ccccc3)cc2NC1=O. The number of ether oxygens (including phenoxy) is 1. The summed E-state index contributed by atoms with van der Waals surface area (Å²) >= 11 is 0. The summed E-state index contributed by atoms with van der Waals surface area (Å²) in [6.45, 7) is 0.611. The molecule has 5 nitrogen and oxygen atoms in total. The van der Waals surface area contributed by atoms with Gasteiger partial charge in [0.2, 0.25) is 9.84 Å². The maximum atomic E-state index is 13.1. The molecule has 3 rings (SSSR count). The third-order valence-electron chi connectivity index (χ3n) is 3.85. The monoisotopic (exact) mass is 371 g/mol. The smallest absolute Gasteiger partial charge is 0.437 e. The lowest BCUT2D eigenvalue weighted by Gasteiger charge is -2.35. The van der Waals surface area contributed by atoms with Crippen LogP contribution < -0.4 is 10.1 Å². The van der Waals surface area contributed by atoms with Crippen molar-refractivity contribution in [1.82, 2.24) is 0 Å². The van der Waals surface area contributed by atoms with Crippen molar-refractivity contribution in [2.45, 2.75) is 28.5 Å². The van der Waals surface area contributed by atoms with Gasteiger partial charge in [-0.15, -0.1) is 0 Å². The molecule has 1 atom stereocenters. The molecule has 1 heterocycles. The number of benzene rings is 2. The Labute approximate surface area is 141 Å². The van der Waals surface area contributed by atoms with Crippen LogP contribution in [0.15, 0.2) is 58.3 Å². The Kier molecular flexibility index (Phi) is 3.79. The topological polar surface area (TPSA) is 72.5 Å². The minimum Gasteiger partial charge on any atom is -0.466 e. The Bertz CT molecular complexity index is 942. The Morgan fingerprint density at radius 1 is 1.04 bits per heavy atom. The second kappa shape index (κ2) is 5.48. The minimum absolute atomic E-state index is 0.0261. The predicted octanol–water partition coefficient (Wildman–Crippen LogP) is 3.17. The van der Waals surface area contributed by atoms with Crippen molar-refractivity contribution in [3.8, 4) is 5.75 Å². The average Bonchev–Trinajstić information content (AvgIpc) is 2.55. The molecule has 0 saturated heterocycles. The van der Waals surface area contributed by atoms with E-state index in [-0.39, 0.29) is 21.2 Å². The van der Waals surface area contributed by atoms with Gasteiger partial charge in [0.25, 0.3) is 11.5 Å². The van der Waals surface area contributed by atoms with Crippen molar-refractivity contribution in [2.24, 2.45) is 0 Å². The number of hydrogen-bond acceptors (Lipinski definition) is 4. The van der Waals surface area contributed by atoms with Crippen molar-refractivity contribution in [1.29, 1.82) is 0 Å². The molecule has 0 fully saturated rings. The van der Waals surface area contributed by atoms with Gasteiger partial charge < -0.3 is 10.1 Å². The molecule has 1 unspecified atom stereocenters. The highest BCUT2D eigenvalue weighted by atomic mass is 32.2. The molecule has 2 aromatic rings. The van der Waals surface area contributed by atoms with Gasteiger partial charge in [-0.1, -0.05) is 18.2 Å². The molecule has 0 spiro atoms. The third-order valence-corrected chi connectivity index (χ3v) is 5.62. The molecule has 1 N–H and O–H groups in total. The zero-order valence-electron chi connectivity index (χ0n) is 12.8. The first-order valence-corrected chi connectivity index (χ1v) is 8.55. The van der Waals surface area contributed by atoms with Gasteiger partial charge in [-0.05, 0) is 37.3 Å². The van der Waals surface area contributed by atoms with Crippen LogP contribution >= 0.6 is 0 Å². The number of rotatable bonds is 2. The van der Waals surface area contributed by atoms with E-state index in [1.807, 2.05) is 0 Å². The van der Waals surface area contributed by atoms with Gasteiger partial charge in [0.1, 0.15) is 5.75 Å². The summed E-state index contributed by atoms with van der Waals surface area (Å²) in [5.41, 5.74) is -3.18. The van der Waals surface area contributed by atoms with E-state index in [9.17, 15) is 26.4 Å². The summed E-state index contributed by atoms with van der Waals surface area (Å²) in [6, 6.07) is 10.8. The van der Waals surface area contributed by atoms with E-state index < -0.39 is 27.5 Å². The van der Waals surface area contributed by atoms with Gasteiger partial charge in [-0.25, -0.2) is 8.42 Å². The lowest BCUT2D eigenvalue weighted by molar-refractivity contribution is -0.234. The molecule has 1 amide bonds. The van der Waals surface area contributed by atoms with Crippen LogP contribution in [0.4, 0.5) is 18.9 Å². The Hall–Kier alpha value is -2.55. The molecule has 132 valence electrons. The number of carbonyl (C=O) groups is 1. The largest absolute Gasteiger partial charge is 0.466 e. The maximum absolute atomic E-state index is 13.1. The first-order chi connectivity index (χ1) is 11.6. The standard InChI is InChI=1S/C16H12F3NO4S/c1-15(16(17,18)19)14(21)20-12-9-11(7-8-13(12)24-15)25(22,23)10-5-3-2-4-6-10/h2-9H,1H3,(H,20,21). The van der Waals surface area contributed by atoms with E-state index >= 15 is 0 Å². The number of halogens is 3. The molecule has 9 heteroatoms. The van der Waals surface area contributed by atoms with Crippen LogP contribution in [0, 0.1) is 0 Å². The summed E-state index contributed by atoms with van der Waals surface area (Å²) in [5, 5.41) is 2.07. The number of alkyl halides is 3. The zero-order chi connectivity index (χ0) is 18.5. The van der Waals surface area contributed by atoms with Crippen molar-refractivity contribution in [3.63, 3.8) is 0 Å². The van der Waals surface area contributed by atoms with E-state index in [4.69, 9.17) is 4.74 Å². The molecule has 2 aromatic carbocycles. The van der Waals surface area contributed by atoms with E-state index in [0.717, 1.165) is 18.2 Å². The van der Waals surface area contributed by atoms with Crippen LogP contribution in [0.1, 0.15) is 6.92 Å². The van der Waals surface area contributed by atoms with Crippen LogP contribution in [0.5, 0.6) is 5.75 Å². The fourth-order valence-corrected chi connectivity index (χ4v) is 3.60. The second-order valence-electron chi connectivity index (χ2n) is 5.56. The van der Waals surface area contributed by atoms with Crippen LogP contribution in [0.3, 0.4) is 0 Å². The van der Waals surface area contributed by atoms with E-state index in [2.05, 4.69) is 5.32 Å². The van der Waals surface area contributed by atoms with Gasteiger partial charge >= 0.3 is 6.18 Å². The lowest BCUT2D eigenvalue weighted by atomic mass is 10.0. The molecule has 0 aromatic heterocycles. The quantitative estimate of drug-likeness (QED) is 0.880. The molecular weight excluding hydrogens is 359 g/mol.